The highest BCUT2D eigenvalue weighted by Gasteiger charge is 2.31. The van der Waals surface area contributed by atoms with Gasteiger partial charge in [-0.25, -0.2) is 4.79 Å². The van der Waals surface area contributed by atoms with Crippen LogP contribution in [0.1, 0.15) is 72.4 Å². The summed E-state index contributed by atoms with van der Waals surface area (Å²) in [6, 6.07) is 5.80. The minimum atomic E-state index is -0.382. The zero-order chi connectivity index (χ0) is 19.6. The van der Waals surface area contributed by atoms with Gasteiger partial charge >= 0.3 is 5.97 Å². The first-order chi connectivity index (χ1) is 12.8. The zero-order valence-electron chi connectivity index (χ0n) is 16.4. The maximum absolute atomic E-state index is 12.5. The molecule has 0 N–H and O–H groups in total. The van der Waals surface area contributed by atoms with E-state index in [9.17, 15) is 9.59 Å². The van der Waals surface area contributed by atoms with Gasteiger partial charge in [0, 0.05) is 24.2 Å². The molecule has 0 radical (unpaired) electrons. The normalized spacial score (nSPS) is 15.8. The lowest BCUT2D eigenvalue weighted by Gasteiger charge is -2.34. The van der Waals surface area contributed by atoms with Crippen molar-refractivity contribution in [2.75, 3.05) is 19.7 Å². The van der Waals surface area contributed by atoms with E-state index in [-0.39, 0.29) is 23.3 Å². The van der Waals surface area contributed by atoms with Gasteiger partial charge in [0.05, 0.1) is 17.5 Å². The second kappa shape index (κ2) is 7.84. The van der Waals surface area contributed by atoms with Crippen LogP contribution in [0.3, 0.4) is 0 Å². The number of hydrogen-bond donors (Lipinski definition) is 0. The molecule has 0 aromatic carbocycles. The van der Waals surface area contributed by atoms with Gasteiger partial charge in [0.25, 0.3) is 5.91 Å². The van der Waals surface area contributed by atoms with Crippen LogP contribution in [0.25, 0.3) is 0 Å². The van der Waals surface area contributed by atoms with Crippen LogP contribution in [0.4, 0.5) is 0 Å². The standard InChI is InChI=1S/C20H27N3O3S/c1-5-26-19(25)15-13-17(20(2,3)4)23(21-15)14-8-10-22(11-9-14)18(24)16-7-6-12-27-16/h6-7,12-14H,5,8-11H2,1-4H3. The number of ether oxygens (including phenoxy) is 1. The van der Waals surface area contributed by atoms with Gasteiger partial charge in [0.15, 0.2) is 5.69 Å². The Morgan fingerprint density at radius 3 is 2.56 bits per heavy atom. The maximum atomic E-state index is 12.5. The van der Waals surface area contributed by atoms with Crippen LogP contribution in [-0.4, -0.2) is 46.3 Å². The predicted octanol–water partition coefficient (Wildman–Crippen LogP) is 3.90. The average molecular weight is 390 g/mol. The Morgan fingerprint density at radius 1 is 1.30 bits per heavy atom. The number of amides is 1. The molecule has 2 aromatic rings. The molecule has 0 unspecified atom stereocenters. The van der Waals surface area contributed by atoms with Crippen molar-refractivity contribution in [2.24, 2.45) is 0 Å². The van der Waals surface area contributed by atoms with Gasteiger partial charge in [-0.15, -0.1) is 11.3 Å². The van der Waals surface area contributed by atoms with E-state index in [1.165, 1.54) is 11.3 Å². The molecule has 0 atom stereocenters. The Bertz CT molecular complexity index is 797. The van der Waals surface area contributed by atoms with Crippen molar-refractivity contribution in [3.63, 3.8) is 0 Å². The smallest absolute Gasteiger partial charge is 0.358 e. The second-order valence-electron chi connectivity index (χ2n) is 7.83. The van der Waals surface area contributed by atoms with E-state index in [2.05, 4.69) is 25.9 Å². The van der Waals surface area contributed by atoms with Crippen molar-refractivity contribution in [3.05, 3.63) is 39.8 Å². The topological polar surface area (TPSA) is 64.4 Å². The van der Waals surface area contributed by atoms with Crippen LogP contribution in [0.15, 0.2) is 23.6 Å². The van der Waals surface area contributed by atoms with Gasteiger partial charge < -0.3 is 9.64 Å². The Hall–Kier alpha value is -2.15. The van der Waals surface area contributed by atoms with Crippen LogP contribution in [0.2, 0.25) is 0 Å². The number of nitrogens with zero attached hydrogens (tertiary/aromatic N) is 3. The molecule has 0 saturated carbocycles. The number of hydrogen-bond acceptors (Lipinski definition) is 5. The van der Waals surface area contributed by atoms with Crippen LogP contribution in [0, 0.1) is 0 Å². The minimum absolute atomic E-state index is 0.104. The molecule has 3 rings (SSSR count). The van der Waals surface area contributed by atoms with E-state index < -0.39 is 0 Å². The Balaban J connectivity index is 1.77. The first-order valence-corrected chi connectivity index (χ1v) is 10.3. The summed E-state index contributed by atoms with van der Waals surface area (Å²) in [5.41, 5.74) is 1.24. The maximum Gasteiger partial charge on any atom is 0.358 e. The van der Waals surface area contributed by atoms with Crippen molar-refractivity contribution in [3.8, 4) is 0 Å². The summed E-state index contributed by atoms with van der Waals surface area (Å²) in [4.78, 5) is 27.4. The largest absolute Gasteiger partial charge is 0.461 e. The fourth-order valence-corrected chi connectivity index (χ4v) is 4.10. The molecule has 1 aliphatic rings. The molecule has 0 aliphatic carbocycles. The quantitative estimate of drug-likeness (QED) is 0.744. The molecular formula is C20H27N3O3S. The first-order valence-electron chi connectivity index (χ1n) is 9.41. The number of thiophene rings is 1. The van der Waals surface area contributed by atoms with Gasteiger partial charge in [-0.3, -0.25) is 9.48 Å². The summed E-state index contributed by atoms with van der Waals surface area (Å²) >= 11 is 1.48. The SMILES string of the molecule is CCOC(=O)c1cc(C(C)(C)C)n(C2CCN(C(=O)c3cccs3)CC2)n1. The van der Waals surface area contributed by atoms with Gasteiger partial charge in [0.2, 0.25) is 0 Å². The molecule has 6 nitrogen and oxygen atoms in total. The van der Waals surface area contributed by atoms with Crippen molar-refractivity contribution in [2.45, 2.75) is 52.0 Å². The summed E-state index contributed by atoms with van der Waals surface area (Å²) in [5, 5.41) is 6.51. The minimum Gasteiger partial charge on any atom is -0.461 e. The van der Waals surface area contributed by atoms with E-state index in [1.807, 2.05) is 33.2 Å². The van der Waals surface area contributed by atoms with Crippen molar-refractivity contribution in [1.29, 1.82) is 0 Å². The van der Waals surface area contributed by atoms with Crippen LogP contribution < -0.4 is 0 Å². The van der Waals surface area contributed by atoms with Crippen LogP contribution in [-0.2, 0) is 10.2 Å². The molecule has 0 spiro atoms. The molecule has 0 bridgehead atoms. The molecule has 1 saturated heterocycles. The predicted molar refractivity (Wildman–Crippen MR) is 105 cm³/mol. The third kappa shape index (κ3) is 4.24. The summed E-state index contributed by atoms with van der Waals surface area (Å²) < 4.78 is 7.10. The molecule has 146 valence electrons. The lowest BCUT2D eigenvalue weighted by atomic mass is 9.91. The van der Waals surface area contributed by atoms with E-state index in [0.29, 0.717) is 25.4 Å². The third-order valence-electron chi connectivity index (χ3n) is 4.82. The van der Waals surface area contributed by atoms with Gasteiger partial charge in [0.1, 0.15) is 0 Å². The van der Waals surface area contributed by atoms with Crippen molar-refractivity contribution >= 4 is 23.2 Å². The highest BCUT2D eigenvalue weighted by Crippen LogP contribution is 2.31. The molecule has 2 aromatic heterocycles. The molecule has 3 heterocycles. The molecule has 7 heteroatoms. The summed E-state index contributed by atoms with van der Waals surface area (Å²) in [7, 11) is 0. The fourth-order valence-electron chi connectivity index (χ4n) is 3.41. The molecular weight excluding hydrogens is 362 g/mol. The number of esters is 1. The van der Waals surface area contributed by atoms with E-state index in [4.69, 9.17) is 4.74 Å². The van der Waals surface area contributed by atoms with E-state index >= 15 is 0 Å². The Morgan fingerprint density at radius 2 is 2.00 bits per heavy atom. The summed E-state index contributed by atoms with van der Waals surface area (Å²) in [6.07, 6.45) is 1.65. The van der Waals surface area contributed by atoms with Crippen molar-refractivity contribution < 1.29 is 14.3 Å². The van der Waals surface area contributed by atoms with Crippen molar-refractivity contribution in [1.82, 2.24) is 14.7 Å². The summed E-state index contributed by atoms with van der Waals surface area (Å²) in [6.45, 7) is 9.86. The average Bonchev–Trinajstić information content (AvgIpc) is 3.31. The van der Waals surface area contributed by atoms with Crippen LogP contribution >= 0.6 is 11.3 Å². The number of carbonyl (C=O) groups excluding carboxylic acids is 2. The van der Waals surface area contributed by atoms with Gasteiger partial charge in [-0.2, -0.15) is 5.10 Å². The highest BCUT2D eigenvalue weighted by molar-refractivity contribution is 7.12. The zero-order valence-corrected chi connectivity index (χ0v) is 17.2. The number of aromatic nitrogens is 2. The molecule has 1 aliphatic heterocycles. The Kier molecular flexibility index (Phi) is 5.69. The molecule has 1 fully saturated rings. The van der Waals surface area contributed by atoms with Gasteiger partial charge in [-0.1, -0.05) is 26.8 Å². The molecule has 27 heavy (non-hydrogen) atoms. The number of piperidine rings is 1. The van der Waals surface area contributed by atoms with E-state index in [1.54, 1.807) is 6.92 Å². The monoisotopic (exact) mass is 389 g/mol. The number of rotatable bonds is 4. The second-order valence-corrected chi connectivity index (χ2v) is 8.78. The third-order valence-corrected chi connectivity index (χ3v) is 5.68. The highest BCUT2D eigenvalue weighted by atomic mass is 32.1. The number of carbonyl (C=O) groups is 2. The van der Waals surface area contributed by atoms with Gasteiger partial charge in [-0.05, 0) is 37.3 Å². The lowest BCUT2D eigenvalue weighted by molar-refractivity contribution is 0.0517. The molecule has 1 amide bonds. The summed E-state index contributed by atoms with van der Waals surface area (Å²) in [5.74, 6) is -0.278. The van der Waals surface area contributed by atoms with E-state index in [0.717, 1.165) is 23.4 Å². The first kappa shape index (κ1) is 19.6. The fraction of sp³-hybridized carbons (Fsp3) is 0.550. The Labute approximate surface area is 164 Å². The lowest BCUT2D eigenvalue weighted by Crippen LogP contribution is -2.39. The van der Waals surface area contributed by atoms with Crippen LogP contribution in [0.5, 0.6) is 0 Å². The number of likely N-dealkylation sites (tertiary alicyclic amines) is 1.